The van der Waals surface area contributed by atoms with Crippen LogP contribution < -0.4 is 5.32 Å². The van der Waals surface area contributed by atoms with Gasteiger partial charge in [-0.2, -0.15) is 23.5 Å². The molecule has 0 aromatic heterocycles. The molecule has 3 rings (SSSR count). The number of thioether (sulfide) groups is 2. The highest BCUT2D eigenvalue weighted by Gasteiger charge is 2.46. The zero-order chi connectivity index (χ0) is 15.4. The summed E-state index contributed by atoms with van der Waals surface area (Å²) in [4.78, 5) is 29.6. The zero-order valence-corrected chi connectivity index (χ0v) is 14.6. The molecule has 3 saturated heterocycles. The van der Waals surface area contributed by atoms with E-state index in [-0.39, 0.29) is 11.8 Å². The fourth-order valence-corrected chi connectivity index (χ4v) is 5.27. The Labute approximate surface area is 140 Å². The van der Waals surface area contributed by atoms with Crippen LogP contribution in [0.15, 0.2) is 0 Å². The molecule has 3 heterocycles. The minimum atomic E-state index is -0.496. The summed E-state index contributed by atoms with van der Waals surface area (Å²) >= 11 is 3.81. The van der Waals surface area contributed by atoms with Crippen LogP contribution in [0.4, 0.5) is 0 Å². The lowest BCUT2D eigenvalue weighted by molar-refractivity contribution is -0.146. The summed E-state index contributed by atoms with van der Waals surface area (Å²) in [6.07, 6.45) is 1.18. The van der Waals surface area contributed by atoms with Crippen molar-refractivity contribution in [1.82, 2.24) is 15.1 Å². The van der Waals surface area contributed by atoms with Crippen LogP contribution in [0.1, 0.15) is 12.8 Å². The van der Waals surface area contributed by atoms with Gasteiger partial charge in [-0.15, -0.1) is 0 Å². The number of hydrogen-bond acceptors (Lipinski definition) is 5. The van der Waals surface area contributed by atoms with Gasteiger partial charge in [-0.25, -0.2) is 0 Å². The van der Waals surface area contributed by atoms with Crippen molar-refractivity contribution >= 4 is 35.3 Å². The molecule has 124 valence electrons. The van der Waals surface area contributed by atoms with E-state index in [1.54, 1.807) is 0 Å². The molecule has 0 aromatic rings. The predicted octanol–water partition coefficient (Wildman–Crippen LogP) is 0.507. The number of nitrogens with one attached hydrogen (secondary N) is 1. The first-order valence-corrected chi connectivity index (χ1v) is 10.5. The minimum absolute atomic E-state index is 0.170. The average molecular weight is 344 g/mol. The van der Waals surface area contributed by atoms with E-state index in [0.717, 1.165) is 62.2 Å². The largest absolute Gasteiger partial charge is 0.341 e. The van der Waals surface area contributed by atoms with Crippen molar-refractivity contribution in [3.05, 3.63) is 0 Å². The normalized spacial score (nSPS) is 29.6. The Kier molecular flexibility index (Phi) is 5.57. The molecule has 3 aliphatic rings. The molecule has 0 bridgehead atoms. The number of nitrogens with zero attached hydrogens (tertiary/aromatic N) is 2. The second-order valence-electron chi connectivity index (χ2n) is 6.28. The Hall–Kier alpha value is -0.400. The van der Waals surface area contributed by atoms with E-state index in [1.807, 2.05) is 33.3 Å². The van der Waals surface area contributed by atoms with Crippen molar-refractivity contribution in [3.63, 3.8) is 0 Å². The van der Waals surface area contributed by atoms with Crippen LogP contribution in [-0.2, 0) is 9.59 Å². The molecule has 3 aliphatic heterocycles. The quantitative estimate of drug-likeness (QED) is 0.809. The summed E-state index contributed by atoms with van der Waals surface area (Å²) in [7, 11) is 0. The highest BCUT2D eigenvalue weighted by molar-refractivity contribution is 7.99. The fraction of sp³-hybridized carbons (Fsp3) is 0.867. The first-order valence-electron chi connectivity index (χ1n) is 8.15. The third kappa shape index (κ3) is 3.57. The van der Waals surface area contributed by atoms with Gasteiger partial charge in [0.25, 0.3) is 0 Å². The van der Waals surface area contributed by atoms with Crippen LogP contribution in [0, 0.1) is 5.41 Å². The standard InChI is InChI=1S/C15H25N3O2S2/c19-13(17-3-7-21-8-4-17)11-15(1-2-16-12-15)14(20)18-5-9-22-10-6-18/h16H,1-12H2. The molecule has 0 aromatic carbocycles. The zero-order valence-electron chi connectivity index (χ0n) is 13.0. The number of rotatable bonds is 3. The lowest BCUT2D eigenvalue weighted by Crippen LogP contribution is -2.51. The molecule has 0 spiro atoms. The molecule has 0 aliphatic carbocycles. The van der Waals surface area contributed by atoms with E-state index in [1.165, 1.54) is 0 Å². The monoisotopic (exact) mass is 343 g/mol. The molecule has 0 saturated carbocycles. The van der Waals surface area contributed by atoms with Crippen molar-refractivity contribution in [2.45, 2.75) is 12.8 Å². The maximum atomic E-state index is 13.0. The fourth-order valence-electron chi connectivity index (χ4n) is 3.47. The molecule has 22 heavy (non-hydrogen) atoms. The molecule has 2 amide bonds. The Balaban J connectivity index is 1.67. The molecular weight excluding hydrogens is 318 g/mol. The summed E-state index contributed by atoms with van der Waals surface area (Å²) in [5, 5.41) is 3.31. The lowest BCUT2D eigenvalue weighted by atomic mass is 9.81. The molecule has 1 atom stereocenters. The summed E-state index contributed by atoms with van der Waals surface area (Å²) < 4.78 is 0. The summed E-state index contributed by atoms with van der Waals surface area (Å²) in [6.45, 7) is 4.84. The summed E-state index contributed by atoms with van der Waals surface area (Å²) in [5.74, 6) is 4.46. The van der Waals surface area contributed by atoms with Crippen LogP contribution in [-0.4, -0.2) is 83.9 Å². The van der Waals surface area contributed by atoms with E-state index >= 15 is 0 Å². The van der Waals surface area contributed by atoms with Gasteiger partial charge in [-0.1, -0.05) is 0 Å². The molecule has 1 unspecified atom stereocenters. The van der Waals surface area contributed by atoms with Crippen molar-refractivity contribution < 1.29 is 9.59 Å². The van der Waals surface area contributed by atoms with E-state index < -0.39 is 5.41 Å². The van der Waals surface area contributed by atoms with Crippen molar-refractivity contribution in [3.8, 4) is 0 Å². The second-order valence-corrected chi connectivity index (χ2v) is 8.73. The third-order valence-corrected chi connectivity index (χ3v) is 6.73. The molecule has 1 N–H and O–H groups in total. The number of carbonyl (C=O) groups excluding carboxylic acids is 2. The van der Waals surface area contributed by atoms with E-state index in [2.05, 4.69) is 5.32 Å². The highest BCUT2D eigenvalue weighted by atomic mass is 32.2. The van der Waals surface area contributed by atoms with Crippen LogP contribution in [0.5, 0.6) is 0 Å². The van der Waals surface area contributed by atoms with Gasteiger partial charge in [-0.05, 0) is 13.0 Å². The first kappa shape index (κ1) is 16.5. The topological polar surface area (TPSA) is 52.7 Å². The van der Waals surface area contributed by atoms with Gasteiger partial charge in [0, 0.05) is 62.2 Å². The van der Waals surface area contributed by atoms with Gasteiger partial charge in [0.05, 0.1) is 5.41 Å². The number of hydrogen-bond donors (Lipinski definition) is 1. The Morgan fingerprint density at radius 3 is 2.09 bits per heavy atom. The SMILES string of the molecule is O=C(CC1(C(=O)N2CCSCC2)CCNC1)N1CCSCC1. The van der Waals surface area contributed by atoms with Gasteiger partial charge in [0.2, 0.25) is 11.8 Å². The minimum Gasteiger partial charge on any atom is -0.341 e. The third-order valence-electron chi connectivity index (χ3n) is 4.85. The molecule has 0 radical (unpaired) electrons. The molecule has 7 heteroatoms. The molecule has 3 fully saturated rings. The van der Waals surface area contributed by atoms with Crippen LogP contribution in [0.3, 0.4) is 0 Å². The van der Waals surface area contributed by atoms with Crippen LogP contribution >= 0.6 is 23.5 Å². The first-order chi connectivity index (χ1) is 10.7. The lowest BCUT2D eigenvalue weighted by Gasteiger charge is -2.37. The van der Waals surface area contributed by atoms with Crippen LogP contribution in [0.25, 0.3) is 0 Å². The number of amides is 2. The molecule has 5 nitrogen and oxygen atoms in total. The maximum absolute atomic E-state index is 13.0. The van der Waals surface area contributed by atoms with Gasteiger partial charge in [-0.3, -0.25) is 9.59 Å². The van der Waals surface area contributed by atoms with Crippen molar-refractivity contribution in [2.24, 2.45) is 5.41 Å². The Bertz CT molecular complexity index is 415. The Morgan fingerprint density at radius 1 is 0.955 bits per heavy atom. The summed E-state index contributed by atoms with van der Waals surface area (Å²) in [5.41, 5.74) is -0.496. The van der Waals surface area contributed by atoms with Gasteiger partial charge < -0.3 is 15.1 Å². The predicted molar refractivity (Wildman–Crippen MR) is 92.3 cm³/mol. The summed E-state index contributed by atoms with van der Waals surface area (Å²) in [6, 6.07) is 0. The average Bonchev–Trinajstić information content (AvgIpc) is 3.05. The van der Waals surface area contributed by atoms with Crippen molar-refractivity contribution in [2.75, 3.05) is 62.3 Å². The van der Waals surface area contributed by atoms with Crippen LogP contribution in [0.2, 0.25) is 0 Å². The maximum Gasteiger partial charge on any atom is 0.230 e. The highest BCUT2D eigenvalue weighted by Crippen LogP contribution is 2.34. The second kappa shape index (κ2) is 7.45. The smallest absolute Gasteiger partial charge is 0.230 e. The van der Waals surface area contributed by atoms with Gasteiger partial charge in [0.1, 0.15) is 0 Å². The van der Waals surface area contributed by atoms with E-state index in [4.69, 9.17) is 0 Å². The molecular formula is C15H25N3O2S2. The van der Waals surface area contributed by atoms with E-state index in [0.29, 0.717) is 13.0 Å². The Morgan fingerprint density at radius 2 is 1.55 bits per heavy atom. The van der Waals surface area contributed by atoms with Gasteiger partial charge in [0.15, 0.2) is 0 Å². The van der Waals surface area contributed by atoms with Gasteiger partial charge >= 0.3 is 0 Å². The number of carbonyl (C=O) groups is 2. The van der Waals surface area contributed by atoms with E-state index in [9.17, 15) is 9.59 Å². The van der Waals surface area contributed by atoms with Crippen molar-refractivity contribution in [1.29, 1.82) is 0 Å².